The van der Waals surface area contributed by atoms with Gasteiger partial charge in [-0.05, 0) is 38.5 Å². The van der Waals surface area contributed by atoms with Crippen molar-refractivity contribution in [3.05, 3.63) is 23.2 Å². The van der Waals surface area contributed by atoms with E-state index < -0.39 is 16.1 Å². The van der Waals surface area contributed by atoms with E-state index in [-0.39, 0.29) is 21.9 Å². The molecule has 130 valence electrons. The maximum atomic E-state index is 12.3. The van der Waals surface area contributed by atoms with Crippen LogP contribution < -0.4 is 14.8 Å². The number of halogens is 1. The van der Waals surface area contributed by atoms with Crippen molar-refractivity contribution < 1.29 is 17.9 Å². The lowest BCUT2D eigenvalue weighted by Crippen LogP contribution is -2.47. The molecule has 0 bridgehead atoms. The van der Waals surface area contributed by atoms with Crippen LogP contribution in [0.1, 0.15) is 33.6 Å². The minimum atomic E-state index is -3.85. The quantitative estimate of drug-likeness (QED) is 0.743. The van der Waals surface area contributed by atoms with Crippen LogP contribution in [0.4, 0.5) is 0 Å². The van der Waals surface area contributed by atoms with Gasteiger partial charge in [0.2, 0.25) is 15.9 Å². The van der Waals surface area contributed by atoms with E-state index in [1.54, 1.807) is 0 Å². The van der Waals surface area contributed by atoms with Gasteiger partial charge in [0.25, 0.3) is 0 Å². The first-order chi connectivity index (χ1) is 10.7. The summed E-state index contributed by atoms with van der Waals surface area (Å²) in [5.41, 5.74) is 0. The smallest absolute Gasteiger partial charge is 0.241 e. The van der Waals surface area contributed by atoms with E-state index in [0.717, 1.165) is 12.8 Å². The summed E-state index contributed by atoms with van der Waals surface area (Å²) in [4.78, 5) is 12.0. The van der Waals surface area contributed by atoms with Crippen LogP contribution in [0.15, 0.2) is 23.1 Å². The molecule has 0 radical (unpaired) electrons. The Balaban J connectivity index is 2.81. The van der Waals surface area contributed by atoms with Crippen molar-refractivity contribution in [1.82, 2.24) is 10.0 Å². The molecule has 2 N–H and O–H groups in total. The summed E-state index contributed by atoms with van der Waals surface area (Å²) in [7, 11) is -2.41. The Hall–Kier alpha value is -1.31. The Kier molecular flexibility index (Phi) is 7.31. The Morgan fingerprint density at radius 3 is 2.52 bits per heavy atom. The summed E-state index contributed by atoms with van der Waals surface area (Å²) in [6.07, 6.45) is 1.77. The Bertz CT molecular complexity index is 649. The molecule has 0 saturated carbocycles. The fourth-order valence-electron chi connectivity index (χ4n) is 2.04. The number of ether oxygens (including phenoxy) is 1. The molecular weight excluding hydrogens is 340 g/mol. The molecule has 1 rings (SSSR count). The topological polar surface area (TPSA) is 84.5 Å². The van der Waals surface area contributed by atoms with Gasteiger partial charge in [-0.2, -0.15) is 4.72 Å². The van der Waals surface area contributed by atoms with Crippen molar-refractivity contribution in [2.75, 3.05) is 7.11 Å². The molecule has 0 spiro atoms. The molecule has 1 aromatic carbocycles. The van der Waals surface area contributed by atoms with E-state index in [0.29, 0.717) is 5.75 Å². The van der Waals surface area contributed by atoms with Gasteiger partial charge < -0.3 is 10.1 Å². The summed E-state index contributed by atoms with van der Waals surface area (Å²) >= 11 is 5.94. The van der Waals surface area contributed by atoms with Gasteiger partial charge in [-0.3, -0.25) is 4.79 Å². The molecule has 6 nitrogen and oxygen atoms in total. The van der Waals surface area contributed by atoms with Crippen LogP contribution in [0.2, 0.25) is 5.02 Å². The van der Waals surface area contributed by atoms with Crippen LogP contribution in [0, 0.1) is 0 Å². The van der Waals surface area contributed by atoms with Gasteiger partial charge in [-0.15, -0.1) is 0 Å². The molecule has 0 fully saturated rings. The molecule has 0 aliphatic carbocycles. The van der Waals surface area contributed by atoms with Crippen LogP contribution in [-0.2, 0) is 14.8 Å². The van der Waals surface area contributed by atoms with Crippen LogP contribution in [0.5, 0.6) is 5.75 Å². The highest BCUT2D eigenvalue weighted by Gasteiger charge is 2.23. The molecule has 0 aliphatic heterocycles. The first kappa shape index (κ1) is 19.7. The summed E-state index contributed by atoms with van der Waals surface area (Å²) < 4.78 is 32.0. The maximum absolute atomic E-state index is 12.3. The molecule has 8 heteroatoms. The Labute approximate surface area is 142 Å². The second-order valence-corrected chi connectivity index (χ2v) is 7.46. The summed E-state index contributed by atoms with van der Waals surface area (Å²) in [5, 5.41) is 2.96. The molecular formula is C15H23ClN2O4S. The number of amides is 1. The Morgan fingerprint density at radius 1 is 1.35 bits per heavy atom. The summed E-state index contributed by atoms with van der Waals surface area (Å²) in [5.74, 6) is 0.0129. The van der Waals surface area contributed by atoms with E-state index >= 15 is 0 Å². The molecule has 0 aliphatic rings. The van der Waals surface area contributed by atoms with E-state index in [4.69, 9.17) is 16.3 Å². The molecule has 0 heterocycles. The highest BCUT2D eigenvalue weighted by atomic mass is 35.5. The van der Waals surface area contributed by atoms with Crippen molar-refractivity contribution in [3.63, 3.8) is 0 Å². The maximum Gasteiger partial charge on any atom is 0.241 e. The zero-order valence-corrected chi connectivity index (χ0v) is 15.3. The molecule has 2 atom stereocenters. The number of rotatable bonds is 8. The lowest BCUT2D eigenvalue weighted by atomic mass is 10.2. The van der Waals surface area contributed by atoms with Gasteiger partial charge in [-0.1, -0.05) is 24.9 Å². The minimum Gasteiger partial charge on any atom is -0.495 e. The zero-order valence-electron chi connectivity index (χ0n) is 13.7. The van der Waals surface area contributed by atoms with Gasteiger partial charge in [0.05, 0.1) is 23.1 Å². The van der Waals surface area contributed by atoms with Gasteiger partial charge in [-0.25, -0.2) is 8.42 Å². The second kappa shape index (κ2) is 8.52. The molecule has 1 amide bonds. The predicted octanol–water partition coefficient (Wildman–Crippen LogP) is 2.32. The number of hydrogen-bond donors (Lipinski definition) is 2. The number of carbonyl (C=O) groups excluding carboxylic acids is 1. The first-order valence-corrected chi connectivity index (χ1v) is 9.23. The van der Waals surface area contributed by atoms with E-state index in [9.17, 15) is 13.2 Å². The van der Waals surface area contributed by atoms with Crippen LogP contribution in [0.3, 0.4) is 0 Å². The molecule has 0 aromatic heterocycles. The first-order valence-electron chi connectivity index (χ1n) is 7.37. The van der Waals surface area contributed by atoms with E-state index in [1.165, 1.54) is 32.2 Å². The number of carbonyl (C=O) groups is 1. The number of hydrogen-bond acceptors (Lipinski definition) is 4. The highest BCUT2D eigenvalue weighted by molar-refractivity contribution is 7.89. The number of nitrogens with one attached hydrogen (secondary N) is 2. The second-order valence-electron chi connectivity index (χ2n) is 5.34. The predicted molar refractivity (Wildman–Crippen MR) is 90.3 cm³/mol. The lowest BCUT2D eigenvalue weighted by Gasteiger charge is -2.18. The molecule has 0 saturated heterocycles. The number of benzene rings is 1. The van der Waals surface area contributed by atoms with Crippen LogP contribution in [0.25, 0.3) is 0 Å². The largest absolute Gasteiger partial charge is 0.495 e. The van der Waals surface area contributed by atoms with Gasteiger partial charge in [0.15, 0.2) is 0 Å². The van der Waals surface area contributed by atoms with Crippen LogP contribution in [-0.4, -0.2) is 33.5 Å². The fraction of sp³-hybridized carbons (Fsp3) is 0.533. The van der Waals surface area contributed by atoms with Crippen molar-refractivity contribution in [2.24, 2.45) is 0 Å². The highest BCUT2D eigenvalue weighted by Crippen LogP contribution is 2.26. The van der Waals surface area contributed by atoms with Crippen molar-refractivity contribution >= 4 is 27.5 Å². The molecule has 1 aromatic rings. The average Bonchev–Trinajstić information content (AvgIpc) is 2.46. The van der Waals surface area contributed by atoms with Crippen molar-refractivity contribution in [3.8, 4) is 5.75 Å². The third-order valence-corrected chi connectivity index (χ3v) is 5.10. The average molecular weight is 363 g/mol. The zero-order chi connectivity index (χ0) is 17.6. The normalized spacial score (nSPS) is 14.1. The van der Waals surface area contributed by atoms with Crippen molar-refractivity contribution in [2.45, 2.75) is 50.6 Å². The SMILES string of the molecule is CCC[C@H](C)NC(=O)[C@H](C)NS(=O)(=O)c1ccc(OC)c(Cl)c1. The van der Waals surface area contributed by atoms with E-state index in [1.807, 2.05) is 13.8 Å². The van der Waals surface area contributed by atoms with Gasteiger partial charge >= 0.3 is 0 Å². The van der Waals surface area contributed by atoms with Crippen LogP contribution >= 0.6 is 11.6 Å². The van der Waals surface area contributed by atoms with E-state index in [2.05, 4.69) is 10.0 Å². The standard InChI is InChI=1S/C15H23ClN2O4S/c1-5-6-10(2)17-15(19)11(3)18-23(20,21)12-7-8-14(22-4)13(16)9-12/h7-11,18H,5-6H2,1-4H3,(H,17,19)/t10-,11-/m0/s1. The molecule has 23 heavy (non-hydrogen) atoms. The third kappa shape index (κ3) is 5.67. The number of methoxy groups -OCH3 is 1. The third-order valence-electron chi connectivity index (χ3n) is 3.27. The van der Waals surface area contributed by atoms with Gasteiger partial charge in [0.1, 0.15) is 5.75 Å². The molecule has 0 unspecified atom stereocenters. The Morgan fingerprint density at radius 2 is 2.00 bits per heavy atom. The fourth-order valence-corrected chi connectivity index (χ4v) is 3.59. The minimum absolute atomic E-state index is 0.00474. The van der Waals surface area contributed by atoms with Gasteiger partial charge in [0, 0.05) is 6.04 Å². The monoisotopic (exact) mass is 362 g/mol. The number of sulfonamides is 1. The summed E-state index contributed by atoms with van der Waals surface area (Å²) in [6.45, 7) is 5.39. The lowest BCUT2D eigenvalue weighted by molar-refractivity contribution is -0.123. The summed E-state index contributed by atoms with van der Waals surface area (Å²) in [6, 6.07) is 3.23. The van der Waals surface area contributed by atoms with Crippen molar-refractivity contribution in [1.29, 1.82) is 0 Å².